The van der Waals surface area contributed by atoms with Crippen molar-refractivity contribution in [3.05, 3.63) is 59.1 Å². The van der Waals surface area contributed by atoms with Gasteiger partial charge in [-0.1, -0.05) is 17.7 Å². The summed E-state index contributed by atoms with van der Waals surface area (Å²) in [5, 5.41) is 12.5. The fraction of sp³-hybridized carbons (Fsp3) is 0.125. The first-order valence-corrected chi connectivity index (χ1v) is 6.90. The molecule has 2 aromatic rings. The Labute approximate surface area is 132 Å². The SMILES string of the molecule is C[C@@H](OC(=O)c1cccc(O)c1)C(=O)Nc1ccc(Cl)cc1. The zero-order valence-corrected chi connectivity index (χ0v) is 12.5. The molecule has 0 saturated heterocycles. The molecule has 0 heterocycles. The van der Waals surface area contributed by atoms with Gasteiger partial charge < -0.3 is 15.2 Å². The number of benzene rings is 2. The lowest BCUT2D eigenvalue weighted by Crippen LogP contribution is -2.29. The number of rotatable bonds is 4. The Hall–Kier alpha value is -2.53. The quantitative estimate of drug-likeness (QED) is 0.848. The average molecular weight is 320 g/mol. The maximum Gasteiger partial charge on any atom is 0.339 e. The molecule has 0 aromatic heterocycles. The molecule has 0 saturated carbocycles. The first kappa shape index (κ1) is 15.9. The van der Waals surface area contributed by atoms with E-state index in [0.29, 0.717) is 10.7 Å². The Kier molecular flexibility index (Phi) is 5.01. The standard InChI is InChI=1S/C16H14ClNO4/c1-10(15(20)18-13-7-5-12(17)6-8-13)22-16(21)11-3-2-4-14(19)9-11/h2-10,19H,1H3,(H,18,20)/t10-/m1/s1. The van der Waals surface area contributed by atoms with Crippen molar-refractivity contribution in [2.45, 2.75) is 13.0 Å². The van der Waals surface area contributed by atoms with Crippen LogP contribution in [0.25, 0.3) is 0 Å². The molecular weight excluding hydrogens is 306 g/mol. The van der Waals surface area contributed by atoms with E-state index >= 15 is 0 Å². The summed E-state index contributed by atoms with van der Waals surface area (Å²) in [4.78, 5) is 23.8. The van der Waals surface area contributed by atoms with Crippen molar-refractivity contribution in [2.24, 2.45) is 0 Å². The highest BCUT2D eigenvalue weighted by molar-refractivity contribution is 6.30. The highest BCUT2D eigenvalue weighted by Crippen LogP contribution is 2.15. The molecule has 0 fully saturated rings. The largest absolute Gasteiger partial charge is 0.508 e. The van der Waals surface area contributed by atoms with Crippen LogP contribution in [0.2, 0.25) is 5.02 Å². The summed E-state index contributed by atoms with van der Waals surface area (Å²) in [6.45, 7) is 1.46. The van der Waals surface area contributed by atoms with E-state index in [1.165, 1.54) is 31.2 Å². The van der Waals surface area contributed by atoms with Gasteiger partial charge in [-0.2, -0.15) is 0 Å². The van der Waals surface area contributed by atoms with E-state index < -0.39 is 18.0 Å². The number of carbonyl (C=O) groups is 2. The van der Waals surface area contributed by atoms with Crippen molar-refractivity contribution in [2.75, 3.05) is 5.32 Å². The third kappa shape index (κ3) is 4.23. The van der Waals surface area contributed by atoms with E-state index in [4.69, 9.17) is 16.3 Å². The zero-order chi connectivity index (χ0) is 16.1. The van der Waals surface area contributed by atoms with Gasteiger partial charge in [-0.15, -0.1) is 0 Å². The zero-order valence-electron chi connectivity index (χ0n) is 11.7. The maximum absolute atomic E-state index is 12.0. The van der Waals surface area contributed by atoms with Crippen LogP contribution in [0.1, 0.15) is 17.3 Å². The first-order chi connectivity index (χ1) is 10.5. The second-order valence-corrected chi connectivity index (χ2v) is 5.03. The maximum atomic E-state index is 12.0. The number of esters is 1. The van der Waals surface area contributed by atoms with Crippen molar-refractivity contribution in [1.82, 2.24) is 0 Å². The number of nitrogens with one attached hydrogen (secondary N) is 1. The molecule has 2 rings (SSSR count). The molecule has 0 aliphatic heterocycles. The number of halogens is 1. The van der Waals surface area contributed by atoms with Crippen LogP contribution < -0.4 is 5.32 Å². The number of hydrogen-bond donors (Lipinski definition) is 2. The topological polar surface area (TPSA) is 75.6 Å². The summed E-state index contributed by atoms with van der Waals surface area (Å²) >= 11 is 5.76. The Morgan fingerprint density at radius 3 is 2.50 bits per heavy atom. The molecule has 2 aromatic carbocycles. The lowest BCUT2D eigenvalue weighted by Gasteiger charge is -2.13. The van der Waals surface area contributed by atoms with Crippen LogP contribution in [-0.2, 0) is 9.53 Å². The second-order valence-electron chi connectivity index (χ2n) is 4.59. The van der Waals surface area contributed by atoms with Gasteiger partial charge in [0.15, 0.2) is 6.10 Å². The average Bonchev–Trinajstić information content (AvgIpc) is 2.49. The van der Waals surface area contributed by atoms with E-state index in [0.717, 1.165) is 0 Å². The fourth-order valence-corrected chi connectivity index (χ4v) is 1.82. The summed E-state index contributed by atoms with van der Waals surface area (Å²) < 4.78 is 5.06. The van der Waals surface area contributed by atoms with Crippen LogP contribution in [0, 0.1) is 0 Å². The number of amides is 1. The van der Waals surface area contributed by atoms with Crippen LogP contribution in [0.4, 0.5) is 5.69 Å². The van der Waals surface area contributed by atoms with Gasteiger partial charge in [-0.25, -0.2) is 4.79 Å². The molecule has 5 nitrogen and oxygen atoms in total. The number of anilines is 1. The molecule has 1 atom stereocenters. The molecule has 6 heteroatoms. The van der Waals surface area contributed by atoms with Gasteiger partial charge in [0.05, 0.1) is 5.56 Å². The van der Waals surface area contributed by atoms with Crippen molar-refractivity contribution >= 4 is 29.2 Å². The Morgan fingerprint density at radius 2 is 1.86 bits per heavy atom. The number of ether oxygens (including phenoxy) is 1. The van der Waals surface area contributed by atoms with Gasteiger partial charge >= 0.3 is 5.97 Å². The Balaban J connectivity index is 1.96. The molecule has 0 aliphatic rings. The van der Waals surface area contributed by atoms with Crippen LogP contribution in [-0.4, -0.2) is 23.1 Å². The van der Waals surface area contributed by atoms with Crippen LogP contribution in [0.3, 0.4) is 0 Å². The van der Waals surface area contributed by atoms with Crippen molar-refractivity contribution in [1.29, 1.82) is 0 Å². The summed E-state index contributed by atoms with van der Waals surface area (Å²) in [7, 11) is 0. The van der Waals surface area contributed by atoms with Crippen LogP contribution >= 0.6 is 11.6 Å². The smallest absolute Gasteiger partial charge is 0.339 e. The number of hydrogen-bond acceptors (Lipinski definition) is 4. The lowest BCUT2D eigenvalue weighted by molar-refractivity contribution is -0.123. The first-order valence-electron chi connectivity index (χ1n) is 6.52. The fourth-order valence-electron chi connectivity index (χ4n) is 1.69. The summed E-state index contributed by atoms with van der Waals surface area (Å²) in [5.74, 6) is -1.20. The number of phenolic OH excluding ortho intramolecular Hbond substituents is 1. The second kappa shape index (κ2) is 6.95. The molecule has 1 amide bonds. The number of phenols is 1. The minimum absolute atomic E-state index is 0.0484. The van der Waals surface area contributed by atoms with Gasteiger partial charge in [0, 0.05) is 10.7 Å². The molecule has 0 unspecified atom stereocenters. The van der Waals surface area contributed by atoms with Crippen molar-refractivity contribution < 1.29 is 19.4 Å². The summed E-state index contributed by atoms with van der Waals surface area (Å²) in [6.07, 6.45) is -0.981. The van der Waals surface area contributed by atoms with Crippen LogP contribution in [0.5, 0.6) is 5.75 Å². The van der Waals surface area contributed by atoms with Crippen molar-refractivity contribution in [3.8, 4) is 5.75 Å². The molecule has 0 bridgehead atoms. The predicted molar refractivity (Wildman–Crippen MR) is 83.1 cm³/mol. The predicted octanol–water partition coefficient (Wildman–Crippen LogP) is 3.23. The molecule has 22 heavy (non-hydrogen) atoms. The molecule has 114 valence electrons. The Bertz CT molecular complexity index is 685. The lowest BCUT2D eigenvalue weighted by atomic mass is 10.2. The van der Waals surface area contributed by atoms with Crippen LogP contribution in [0.15, 0.2) is 48.5 Å². The van der Waals surface area contributed by atoms with E-state index in [1.54, 1.807) is 24.3 Å². The van der Waals surface area contributed by atoms with Gasteiger partial charge in [0.25, 0.3) is 5.91 Å². The normalized spacial score (nSPS) is 11.5. The molecule has 0 spiro atoms. The van der Waals surface area contributed by atoms with Crippen molar-refractivity contribution in [3.63, 3.8) is 0 Å². The minimum Gasteiger partial charge on any atom is -0.508 e. The monoisotopic (exact) mass is 319 g/mol. The van der Waals surface area contributed by atoms with E-state index in [2.05, 4.69) is 5.32 Å². The summed E-state index contributed by atoms with van der Waals surface area (Å²) in [5.41, 5.74) is 0.723. The van der Waals surface area contributed by atoms with Gasteiger partial charge in [0.1, 0.15) is 5.75 Å². The van der Waals surface area contributed by atoms with Gasteiger partial charge in [-0.05, 0) is 49.4 Å². The van der Waals surface area contributed by atoms with E-state index in [1.807, 2.05) is 0 Å². The number of aromatic hydroxyl groups is 1. The Morgan fingerprint density at radius 1 is 1.18 bits per heavy atom. The minimum atomic E-state index is -0.981. The molecule has 0 radical (unpaired) electrons. The highest BCUT2D eigenvalue weighted by atomic mass is 35.5. The molecular formula is C16H14ClNO4. The van der Waals surface area contributed by atoms with E-state index in [-0.39, 0.29) is 11.3 Å². The van der Waals surface area contributed by atoms with Gasteiger partial charge in [-0.3, -0.25) is 4.79 Å². The summed E-state index contributed by atoms with van der Waals surface area (Å²) in [6, 6.07) is 12.3. The third-order valence-corrected chi connectivity index (χ3v) is 3.10. The van der Waals surface area contributed by atoms with Gasteiger partial charge in [0.2, 0.25) is 0 Å². The van der Waals surface area contributed by atoms with E-state index in [9.17, 15) is 14.7 Å². The molecule has 2 N–H and O–H groups in total. The molecule has 0 aliphatic carbocycles. The third-order valence-electron chi connectivity index (χ3n) is 2.85. The number of carbonyl (C=O) groups excluding carboxylic acids is 2. The highest BCUT2D eigenvalue weighted by Gasteiger charge is 2.19.